The molecule has 0 aromatic heterocycles. The summed E-state index contributed by atoms with van der Waals surface area (Å²) in [7, 11) is 0. The number of guanidine groups is 1. The van der Waals surface area contributed by atoms with Crippen LogP contribution in [-0.2, 0) is 0 Å². The number of benzene rings is 1. The van der Waals surface area contributed by atoms with Crippen LogP contribution in [0.5, 0.6) is 0 Å². The van der Waals surface area contributed by atoms with Crippen molar-refractivity contribution < 1.29 is 0 Å². The summed E-state index contributed by atoms with van der Waals surface area (Å²) in [6, 6.07) is 8.31. The Balaban J connectivity index is 2.67. The number of nitrogens with zero attached hydrogens (tertiary/aromatic N) is 1. The molecule has 1 atom stereocenters. The zero-order valence-electron chi connectivity index (χ0n) is 10.2. The third-order valence-electron chi connectivity index (χ3n) is 2.33. The third-order valence-corrected chi connectivity index (χ3v) is 2.83. The Hall–Kier alpha value is -1.07. The Bertz CT molecular complexity index is 379. The first-order valence-electron chi connectivity index (χ1n) is 5.70. The first-order valence-corrected chi connectivity index (χ1v) is 6.49. The zero-order chi connectivity index (χ0) is 12.7. The van der Waals surface area contributed by atoms with E-state index in [2.05, 4.69) is 57.6 Å². The standard InChI is InChI=1S/C12H19BrN4/c1-3-7-15-12(17-14)16-9(2)10-5-4-6-11(13)8-10/h4-6,8-9H,3,7,14H2,1-2H3,(H2,15,16,17). The van der Waals surface area contributed by atoms with E-state index in [-0.39, 0.29) is 6.04 Å². The van der Waals surface area contributed by atoms with Crippen molar-refractivity contribution >= 4 is 21.9 Å². The Labute approximate surface area is 111 Å². The minimum atomic E-state index is 0.152. The highest BCUT2D eigenvalue weighted by molar-refractivity contribution is 9.10. The molecule has 0 saturated heterocycles. The number of hydrogen-bond donors (Lipinski definition) is 3. The van der Waals surface area contributed by atoms with Crippen molar-refractivity contribution in [2.75, 3.05) is 6.54 Å². The lowest BCUT2D eigenvalue weighted by Crippen LogP contribution is -2.42. The highest BCUT2D eigenvalue weighted by Crippen LogP contribution is 2.17. The van der Waals surface area contributed by atoms with Gasteiger partial charge in [0.15, 0.2) is 0 Å². The Morgan fingerprint density at radius 2 is 2.29 bits per heavy atom. The summed E-state index contributed by atoms with van der Waals surface area (Å²) in [5, 5.41) is 3.24. The van der Waals surface area contributed by atoms with Crippen LogP contribution < -0.4 is 16.6 Å². The van der Waals surface area contributed by atoms with Gasteiger partial charge in [-0.2, -0.15) is 0 Å². The van der Waals surface area contributed by atoms with Crippen LogP contribution in [0.1, 0.15) is 31.9 Å². The summed E-state index contributed by atoms with van der Waals surface area (Å²) in [6.45, 7) is 4.91. The van der Waals surface area contributed by atoms with Gasteiger partial charge >= 0.3 is 0 Å². The van der Waals surface area contributed by atoms with Gasteiger partial charge in [0, 0.05) is 11.0 Å². The summed E-state index contributed by atoms with van der Waals surface area (Å²) in [5.41, 5.74) is 3.76. The Morgan fingerprint density at radius 1 is 1.53 bits per heavy atom. The van der Waals surface area contributed by atoms with Crippen molar-refractivity contribution in [3.63, 3.8) is 0 Å². The van der Waals surface area contributed by atoms with Crippen LogP contribution in [0.15, 0.2) is 33.7 Å². The van der Waals surface area contributed by atoms with Crippen molar-refractivity contribution in [1.82, 2.24) is 10.7 Å². The van der Waals surface area contributed by atoms with Crippen molar-refractivity contribution in [3.8, 4) is 0 Å². The molecular weight excluding hydrogens is 280 g/mol. The number of nitrogens with two attached hydrogens (primary N) is 1. The van der Waals surface area contributed by atoms with E-state index in [0.717, 1.165) is 17.4 Å². The van der Waals surface area contributed by atoms with Crippen molar-refractivity contribution in [2.45, 2.75) is 26.3 Å². The largest absolute Gasteiger partial charge is 0.349 e. The molecular formula is C12H19BrN4. The molecule has 0 aliphatic carbocycles. The fourth-order valence-corrected chi connectivity index (χ4v) is 1.84. The number of hydrazine groups is 1. The average molecular weight is 299 g/mol. The summed E-state index contributed by atoms with van der Waals surface area (Å²) >= 11 is 3.46. The van der Waals surface area contributed by atoms with Gasteiger partial charge < -0.3 is 5.32 Å². The van der Waals surface area contributed by atoms with E-state index in [0.29, 0.717) is 5.96 Å². The highest BCUT2D eigenvalue weighted by atomic mass is 79.9. The van der Waals surface area contributed by atoms with Gasteiger partial charge in [-0.25, -0.2) is 5.84 Å². The molecule has 5 heteroatoms. The van der Waals surface area contributed by atoms with Crippen LogP contribution in [-0.4, -0.2) is 12.5 Å². The molecule has 17 heavy (non-hydrogen) atoms. The number of hydrogen-bond acceptors (Lipinski definition) is 2. The van der Waals surface area contributed by atoms with Crippen LogP contribution in [0.3, 0.4) is 0 Å². The van der Waals surface area contributed by atoms with Gasteiger partial charge in [0.1, 0.15) is 0 Å². The molecule has 0 saturated carbocycles. The molecule has 1 rings (SSSR count). The third kappa shape index (κ3) is 4.75. The summed E-state index contributed by atoms with van der Waals surface area (Å²) in [5.74, 6) is 6.04. The monoisotopic (exact) mass is 298 g/mol. The maximum Gasteiger partial charge on any atom is 0.206 e. The number of halogens is 1. The fraction of sp³-hybridized carbons (Fsp3) is 0.417. The Morgan fingerprint density at radius 3 is 2.88 bits per heavy atom. The molecule has 1 unspecified atom stereocenters. The topological polar surface area (TPSA) is 62.4 Å². The summed E-state index contributed by atoms with van der Waals surface area (Å²) in [4.78, 5) is 4.31. The molecule has 0 aliphatic heterocycles. The van der Waals surface area contributed by atoms with Crippen LogP contribution in [0.2, 0.25) is 0 Å². The van der Waals surface area contributed by atoms with Gasteiger partial charge in [0.2, 0.25) is 5.96 Å². The lowest BCUT2D eigenvalue weighted by atomic mass is 10.1. The first kappa shape index (κ1) is 14.0. The minimum Gasteiger partial charge on any atom is -0.349 e. The molecule has 1 aromatic carbocycles. The van der Waals surface area contributed by atoms with Crippen molar-refractivity contribution in [2.24, 2.45) is 10.8 Å². The van der Waals surface area contributed by atoms with E-state index in [1.165, 1.54) is 5.56 Å². The van der Waals surface area contributed by atoms with Gasteiger partial charge in [-0.1, -0.05) is 35.0 Å². The molecule has 0 heterocycles. The number of aliphatic imine (C=N–C) groups is 1. The summed E-state index contributed by atoms with van der Waals surface area (Å²) < 4.78 is 1.07. The minimum absolute atomic E-state index is 0.152. The first-order chi connectivity index (χ1) is 8.17. The second-order valence-electron chi connectivity index (χ2n) is 3.80. The predicted molar refractivity (Wildman–Crippen MR) is 75.6 cm³/mol. The van der Waals surface area contributed by atoms with Gasteiger partial charge in [0.25, 0.3) is 0 Å². The fourth-order valence-electron chi connectivity index (χ4n) is 1.42. The van der Waals surface area contributed by atoms with Gasteiger partial charge in [0.05, 0.1) is 6.04 Å². The molecule has 0 aliphatic rings. The molecule has 0 spiro atoms. The SMILES string of the molecule is CCCN=C(NN)NC(C)c1cccc(Br)c1. The van der Waals surface area contributed by atoms with Gasteiger partial charge in [-0.05, 0) is 31.0 Å². The molecule has 0 radical (unpaired) electrons. The maximum atomic E-state index is 5.42. The smallest absolute Gasteiger partial charge is 0.206 e. The molecule has 1 aromatic rings. The molecule has 4 N–H and O–H groups in total. The molecule has 4 nitrogen and oxygen atoms in total. The maximum absolute atomic E-state index is 5.42. The van der Waals surface area contributed by atoms with Crippen LogP contribution in [0, 0.1) is 0 Å². The van der Waals surface area contributed by atoms with Gasteiger partial charge in [-0.3, -0.25) is 10.4 Å². The highest BCUT2D eigenvalue weighted by Gasteiger charge is 2.07. The number of rotatable bonds is 4. The van der Waals surface area contributed by atoms with E-state index in [1.807, 2.05) is 12.1 Å². The Kier molecular flexibility index (Phi) is 6.00. The van der Waals surface area contributed by atoms with E-state index < -0.39 is 0 Å². The van der Waals surface area contributed by atoms with E-state index >= 15 is 0 Å². The number of nitrogens with one attached hydrogen (secondary N) is 2. The van der Waals surface area contributed by atoms with E-state index in [1.54, 1.807) is 0 Å². The van der Waals surface area contributed by atoms with Crippen LogP contribution in [0.4, 0.5) is 0 Å². The quantitative estimate of drug-likeness (QED) is 0.346. The lowest BCUT2D eigenvalue weighted by molar-refractivity contribution is 0.686. The predicted octanol–water partition coefficient (Wildman–Crippen LogP) is 2.33. The van der Waals surface area contributed by atoms with E-state index in [9.17, 15) is 0 Å². The zero-order valence-corrected chi connectivity index (χ0v) is 11.8. The van der Waals surface area contributed by atoms with Crippen molar-refractivity contribution in [3.05, 3.63) is 34.3 Å². The normalized spacial score (nSPS) is 13.3. The van der Waals surface area contributed by atoms with Gasteiger partial charge in [-0.15, -0.1) is 0 Å². The summed E-state index contributed by atoms with van der Waals surface area (Å²) in [6.07, 6.45) is 0.998. The lowest BCUT2D eigenvalue weighted by Gasteiger charge is -2.17. The van der Waals surface area contributed by atoms with Crippen LogP contribution >= 0.6 is 15.9 Å². The molecule has 0 fully saturated rings. The molecule has 94 valence electrons. The average Bonchev–Trinajstić information content (AvgIpc) is 2.34. The second-order valence-corrected chi connectivity index (χ2v) is 4.71. The van der Waals surface area contributed by atoms with Crippen LogP contribution in [0.25, 0.3) is 0 Å². The van der Waals surface area contributed by atoms with E-state index in [4.69, 9.17) is 5.84 Å². The second kappa shape index (κ2) is 7.29. The molecule has 0 amide bonds. The van der Waals surface area contributed by atoms with Crippen molar-refractivity contribution in [1.29, 1.82) is 0 Å². The molecule has 0 bridgehead atoms.